The molecule has 1 amide bonds. The predicted octanol–water partition coefficient (Wildman–Crippen LogP) is 3.02. The van der Waals surface area contributed by atoms with E-state index >= 15 is 0 Å². The number of ether oxygens (including phenoxy) is 1. The summed E-state index contributed by atoms with van der Waals surface area (Å²) in [5.74, 6) is 0.748. The van der Waals surface area contributed by atoms with Crippen LogP contribution in [0, 0.1) is 5.92 Å². The van der Waals surface area contributed by atoms with Crippen molar-refractivity contribution in [1.29, 1.82) is 0 Å². The number of benzene rings is 2. The van der Waals surface area contributed by atoms with E-state index in [0.717, 1.165) is 35.5 Å². The van der Waals surface area contributed by atoms with Crippen LogP contribution in [0.3, 0.4) is 0 Å². The molecule has 3 rings (SSSR count). The number of nitrogens with one attached hydrogen (secondary N) is 2. The summed E-state index contributed by atoms with van der Waals surface area (Å²) in [4.78, 5) is 12.5. The van der Waals surface area contributed by atoms with Gasteiger partial charge >= 0.3 is 0 Å². The summed E-state index contributed by atoms with van der Waals surface area (Å²) in [6.45, 7) is 1.15. The molecular formula is C18H21ClN2O2. The fourth-order valence-corrected chi connectivity index (χ4v) is 2.72. The summed E-state index contributed by atoms with van der Waals surface area (Å²) < 4.78 is 5.70. The molecule has 0 radical (unpaired) electrons. The molecule has 4 nitrogen and oxygen atoms in total. The monoisotopic (exact) mass is 332 g/mol. The Morgan fingerprint density at radius 2 is 1.91 bits per heavy atom. The van der Waals surface area contributed by atoms with Gasteiger partial charge in [-0.25, -0.2) is 0 Å². The zero-order valence-electron chi connectivity index (χ0n) is 13.0. The molecule has 0 aromatic heterocycles. The Labute approximate surface area is 142 Å². The smallest absolute Gasteiger partial charge is 0.231 e. The Hall–Kier alpha value is -2.04. The molecule has 122 valence electrons. The molecule has 0 saturated carbocycles. The van der Waals surface area contributed by atoms with Crippen LogP contribution in [0.4, 0.5) is 5.69 Å². The van der Waals surface area contributed by atoms with E-state index in [1.165, 1.54) is 0 Å². The molecule has 2 aromatic carbocycles. The molecule has 2 aromatic rings. The lowest BCUT2D eigenvalue weighted by atomic mass is 9.96. The first-order chi connectivity index (χ1) is 10.8. The summed E-state index contributed by atoms with van der Waals surface area (Å²) in [5.41, 5.74) is 3.04. The van der Waals surface area contributed by atoms with Crippen LogP contribution >= 0.6 is 12.4 Å². The molecule has 1 atom stereocenters. The van der Waals surface area contributed by atoms with Gasteiger partial charge in [-0.05, 0) is 36.7 Å². The van der Waals surface area contributed by atoms with Crippen molar-refractivity contribution in [2.45, 2.75) is 13.0 Å². The summed E-state index contributed by atoms with van der Waals surface area (Å²) in [6, 6.07) is 15.7. The van der Waals surface area contributed by atoms with Gasteiger partial charge in [0.25, 0.3) is 0 Å². The van der Waals surface area contributed by atoms with E-state index < -0.39 is 0 Å². The Balaban J connectivity index is 0.00000192. The number of amides is 1. The molecule has 5 heteroatoms. The minimum absolute atomic E-state index is 0. The highest BCUT2D eigenvalue weighted by Gasteiger charge is 2.26. The van der Waals surface area contributed by atoms with Gasteiger partial charge in [-0.1, -0.05) is 36.4 Å². The van der Waals surface area contributed by atoms with Crippen molar-refractivity contribution in [3.8, 4) is 5.75 Å². The first kappa shape index (κ1) is 17.3. The van der Waals surface area contributed by atoms with E-state index in [2.05, 4.69) is 10.6 Å². The minimum Gasteiger partial charge on any atom is -0.492 e. The van der Waals surface area contributed by atoms with Gasteiger partial charge in [-0.3, -0.25) is 4.79 Å². The average molecular weight is 333 g/mol. The van der Waals surface area contributed by atoms with Gasteiger partial charge in [0.05, 0.1) is 5.92 Å². The van der Waals surface area contributed by atoms with Crippen molar-refractivity contribution >= 4 is 24.0 Å². The van der Waals surface area contributed by atoms with Crippen molar-refractivity contribution in [2.24, 2.45) is 5.92 Å². The summed E-state index contributed by atoms with van der Waals surface area (Å²) >= 11 is 0. The van der Waals surface area contributed by atoms with Crippen LogP contribution in [0.2, 0.25) is 0 Å². The maximum absolute atomic E-state index is 12.5. The van der Waals surface area contributed by atoms with Gasteiger partial charge in [0.2, 0.25) is 5.91 Å². The van der Waals surface area contributed by atoms with E-state index in [1.807, 2.05) is 55.6 Å². The number of carbonyl (C=O) groups excluding carboxylic acids is 1. The van der Waals surface area contributed by atoms with Gasteiger partial charge in [-0.15, -0.1) is 12.4 Å². The number of fused-ring (bicyclic) bond motifs is 1. The summed E-state index contributed by atoms with van der Waals surface area (Å²) in [5, 5.41) is 6.15. The standard InChI is InChI=1S/C18H20N2O2.ClH/c1-19-11-14-7-2-4-8-16(14)20-18(21)15-10-13-6-3-5-9-17(13)22-12-15;/h2-9,15,19H,10-12H2,1H3,(H,20,21);1H. The highest BCUT2D eigenvalue weighted by molar-refractivity contribution is 5.93. The van der Waals surface area contributed by atoms with Crippen LogP contribution in [0.15, 0.2) is 48.5 Å². The number of rotatable bonds is 4. The Morgan fingerprint density at radius 3 is 2.74 bits per heavy atom. The quantitative estimate of drug-likeness (QED) is 0.905. The van der Waals surface area contributed by atoms with Crippen molar-refractivity contribution in [1.82, 2.24) is 5.32 Å². The van der Waals surface area contributed by atoms with Crippen LogP contribution in [0.1, 0.15) is 11.1 Å². The van der Waals surface area contributed by atoms with Gasteiger partial charge in [0.1, 0.15) is 12.4 Å². The summed E-state index contributed by atoms with van der Waals surface area (Å²) in [7, 11) is 1.89. The molecule has 1 heterocycles. The second kappa shape index (κ2) is 7.99. The van der Waals surface area contributed by atoms with Crippen LogP contribution in [-0.4, -0.2) is 19.6 Å². The number of para-hydroxylation sites is 2. The van der Waals surface area contributed by atoms with Crippen LogP contribution in [-0.2, 0) is 17.8 Å². The molecule has 0 aliphatic carbocycles. The van der Waals surface area contributed by atoms with E-state index in [4.69, 9.17) is 4.74 Å². The molecule has 23 heavy (non-hydrogen) atoms. The lowest BCUT2D eigenvalue weighted by molar-refractivity contribution is -0.121. The summed E-state index contributed by atoms with van der Waals surface area (Å²) in [6.07, 6.45) is 0.718. The highest BCUT2D eigenvalue weighted by Crippen LogP contribution is 2.27. The van der Waals surface area contributed by atoms with Gasteiger partial charge in [-0.2, -0.15) is 0 Å². The van der Waals surface area contributed by atoms with E-state index in [1.54, 1.807) is 0 Å². The molecule has 1 unspecified atom stereocenters. The van der Waals surface area contributed by atoms with E-state index in [-0.39, 0.29) is 24.2 Å². The van der Waals surface area contributed by atoms with Gasteiger partial charge in [0.15, 0.2) is 0 Å². The third kappa shape index (κ3) is 4.03. The molecular weight excluding hydrogens is 312 g/mol. The topological polar surface area (TPSA) is 50.4 Å². The lowest BCUT2D eigenvalue weighted by Gasteiger charge is -2.25. The van der Waals surface area contributed by atoms with Crippen LogP contribution in [0.5, 0.6) is 5.75 Å². The first-order valence-corrected chi connectivity index (χ1v) is 7.52. The average Bonchev–Trinajstić information content (AvgIpc) is 2.56. The lowest BCUT2D eigenvalue weighted by Crippen LogP contribution is -2.33. The number of halogens is 1. The highest BCUT2D eigenvalue weighted by atomic mass is 35.5. The maximum Gasteiger partial charge on any atom is 0.231 e. The van der Waals surface area contributed by atoms with Crippen molar-refractivity contribution in [3.63, 3.8) is 0 Å². The van der Waals surface area contributed by atoms with E-state index in [0.29, 0.717) is 6.61 Å². The van der Waals surface area contributed by atoms with Crippen molar-refractivity contribution < 1.29 is 9.53 Å². The molecule has 0 spiro atoms. The fraction of sp³-hybridized carbons (Fsp3) is 0.278. The van der Waals surface area contributed by atoms with Crippen LogP contribution in [0.25, 0.3) is 0 Å². The third-order valence-corrected chi connectivity index (χ3v) is 3.89. The van der Waals surface area contributed by atoms with Crippen LogP contribution < -0.4 is 15.4 Å². The molecule has 1 aliphatic rings. The molecule has 0 bridgehead atoms. The third-order valence-electron chi connectivity index (χ3n) is 3.89. The van der Waals surface area contributed by atoms with Gasteiger partial charge < -0.3 is 15.4 Å². The molecule has 2 N–H and O–H groups in total. The molecule has 0 saturated heterocycles. The van der Waals surface area contributed by atoms with E-state index in [9.17, 15) is 4.79 Å². The number of carbonyl (C=O) groups is 1. The minimum atomic E-state index is -0.155. The second-order valence-corrected chi connectivity index (χ2v) is 5.50. The Morgan fingerprint density at radius 1 is 1.17 bits per heavy atom. The van der Waals surface area contributed by atoms with Crippen molar-refractivity contribution in [3.05, 3.63) is 59.7 Å². The molecule has 0 fully saturated rings. The van der Waals surface area contributed by atoms with Crippen molar-refractivity contribution in [2.75, 3.05) is 19.0 Å². The fourth-order valence-electron chi connectivity index (χ4n) is 2.72. The molecule has 1 aliphatic heterocycles. The Kier molecular flexibility index (Phi) is 6.02. The zero-order chi connectivity index (χ0) is 15.4. The first-order valence-electron chi connectivity index (χ1n) is 7.52. The maximum atomic E-state index is 12.5. The number of anilines is 1. The number of hydrogen-bond acceptors (Lipinski definition) is 3. The SMILES string of the molecule is CNCc1ccccc1NC(=O)C1COc2ccccc2C1.Cl. The predicted molar refractivity (Wildman–Crippen MR) is 94.2 cm³/mol. The second-order valence-electron chi connectivity index (χ2n) is 5.50. The van der Waals surface area contributed by atoms with Gasteiger partial charge in [0, 0.05) is 12.2 Å². The normalized spacial score (nSPS) is 15.8. The Bertz CT molecular complexity index is 676. The number of hydrogen-bond donors (Lipinski definition) is 2. The largest absolute Gasteiger partial charge is 0.492 e. The zero-order valence-corrected chi connectivity index (χ0v) is 13.9.